The molecule has 0 aliphatic carbocycles. The van der Waals surface area contributed by atoms with E-state index in [0.29, 0.717) is 31.6 Å². The van der Waals surface area contributed by atoms with Gasteiger partial charge < -0.3 is 38.3 Å². The first-order valence-electron chi connectivity index (χ1n) is 11.7. The van der Waals surface area contributed by atoms with E-state index in [1.807, 2.05) is 20.1 Å². The summed E-state index contributed by atoms with van der Waals surface area (Å²) in [5, 5.41) is 17.3. The molecule has 3 amide bonds. The van der Waals surface area contributed by atoms with Crippen molar-refractivity contribution in [1.29, 1.82) is 0 Å². The number of hydrogen-bond donors (Lipinski definition) is 7. The van der Waals surface area contributed by atoms with Crippen LogP contribution >= 0.6 is 11.8 Å². The number of amides is 3. The van der Waals surface area contributed by atoms with Gasteiger partial charge >= 0.3 is 5.97 Å². The number of carboxylic acids is 1. The van der Waals surface area contributed by atoms with Crippen LogP contribution in [0.4, 0.5) is 0 Å². The number of carboxylic acid groups (broad SMARTS) is 1. The number of carbonyl (C=O) groups is 4. The predicted molar refractivity (Wildman–Crippen MR) is 139 cm³/mol. The molecule has 0 fully saturated rings. The molecule has 0 aliphatic rings. The summed E-state index contributed by atoms with van der Waals surface area (Å²) in [6.45, 7) is 7.61. The monoisotopic (exact) mass is 517 g/mol. The maximum Gasteiger partial charge on any atom is 0.326 e. The lowest BCUT2D eigenvalue weighted by molar-refractivity contribution is -0.142. The Kier molecular flexibility index (Phi) is 15.7. The zero-order valence-corrected chi connectivity index (χ0v) is 22.2. The number of guanidine groups is 1. The molecule has 0 saturated heterocycles. The fourth-order valence-electron chi connectivity index (χ4n) is 3.18. The zero-order chi connectivity index (χ0) is 27.1. The van der Waals surface area contributed by atoms with Gasteiger partial charge in [0.05, 0.1) is 6.04 Å². The Balaban J connectivity index is 5.29. The van der Waals surface area contributed by atoms with Crippen LogP contribution in [0.15, 0.2) is 4.99 Å². The van der Waals surface area contributed by atoms with E-state index in [4.69, 9.17) is 17.2 Å². The summed E-state index contributed by atoms with van der Waals surface area (Å²) >= 11 is 1.47. The number of nitrogens with two attached hydrogens (primary N) is 3. The van der Waals surface area contributed by atoms with Crippen molar-refractivity contribution in [2.75, 3.05) is 18.6 Å². The van der Waals surface area contributed by atoms with E-state index >= 15 is 0 Å². The first-order chi connectivity index (χ1) is 16.3. The minimum absolute atomic E-state index is 0.0423. The summed E-state index contributed by atoms with van der Waals surface area (Å²) < 4.78 is 0. The second-order valence-electron chi connectivity index (χ2n) is 9.16. The van der Waals surface area contributed by atoms with Gasteiger partial charge in [0.25, 0.3) is 0 Å². The van der Waals surface area contributed by atoms with Crippen LogP contribution in [0, 0.1) is 11.8 Å². The van der Waals surface area contributed by atoms with Gasteiger partial charge in [-0.05, 0) is 49.5 Å². The molecule has 0 spiro atoms. The third-order valence-electron chi connectivity index (χ3n) is 5.12. The standard InChI is InChI=1S/C22H43N7O5S/c1-12(2)11-16(28-18(30)14(23)7-6-9-26-22(24)25)19(31)29-17(13(3)4)20(32)27-15(21(33)34)8-10-35-5/h12-17H,6-11,23H2,1-5H3,(H,27,32)(H,28,30)(H,29,31)(H,33,34)(H4,24,25,26). The molecule has 0 saturated carbocycles. The Morgan fingerprint density at radius 1 is 0.914 bits per heavy atom. The molecule has 35 heavy (non-hydrogen) atoms. The van der Waals surface area contributed by atoms with Gasteiger partial charge in [0.1, 0.15) is 18.1 Å². The molecule has 0 aromatic heterocycles. The van der Waals surface area contributed by atoms with Gasteiger partial charge in [0.15, 0.2) is 5.96 Å². The van der Waals surface area contributed by atoms with Crippen molar-refractivity contribution in [2.24, 2.45) is 34.0 Å². The molecular weight excluding hydrogens is 474 g/mol. The van der Waals surface area contributed by atoms with Crippen LogP contribution in [0.25, 0.3) is 0 Å². The van der Waals surface area contributed by atoms with E-state index in [-0.39, 0.29) is 24.2 Å². The minimum Gasteiger partial charge on any atom is -0.480 e. The smallest absolute Gasteiger partial charge is 0.326 e. The van der Waals surface area contributed by atoms with Crippen molar-refractivity contribution >= 4 is 41.4 Å². The van der Waals surface area contributed by atoms with Crippen molar-refractivity contribution in [3.05, 3.63) is 0 Å². The number of hydrogen-bond acceptors (Lipinski definition) is 7. The van der Waals surface area contributed by atoms with Crippen LogP contribution in [0.5, 0.6) is 0 Å². The second-order valence-corrected chi connectivity index (χ2v) is 10.1. The van der Waals surface area contributed by atoms with Crippen LogP contribution in [0.3, 0.4) is 0 Å². The van der Waals surface area contributed by atoms with Crippen LogP contribution in [0.1, 0.15) is 53.4 Å². The Bertz CT molecular complexity index is 729. The molecule has 202 valence electrons. The summed E-state index contributed by atoms with van der Waals surface area (Å²) in [5.41, 5.74) is 16.5. The van der Waals surface area contributed by atoms with Crippen LogP contribution < -0.4 is 33.2 Å². The maximum atomic E-state index is 13.1. The molecule has 0 heterocycles. The number of aliphatic imine (C=N–C) groups is 1. The summed E-state index contributed by atoms with van der Waals surface area (Å²) in [5.74, 6) is -2.49. The predicted octanol–water partition coefficient (Wildman–Crippen LogP) is -0.638. The average Bonchev–Trinajstić information content (AvgIpc) is 2.75. The first kappa shape index (κ1) is 32.5. The van der Waals surface area contributed by atoms with E-state index in [1.165, 1.54) is 11.8 Å². The molecule has 4 atom stereocenters. The van der Waals surface area contributed by atoms with E-state index in [2.05, 4.69) is 20.9 Å². The number of nitrogens with zero attached hydrogens (tertiary/aromatic N) is 1. The van der Waals surface area contributed by atoms with E-state index in [9.17, 15) is 24.3 Å². The summed E-state index contributed by atoms with van der Waals surface area (Å²) in [6.07, 6.45) is 3.24. The molecule has 13 heteroatoms. The molecule has 10 N–H and O–H groups in total. The highest BCUT2D eigenvalue weighted by Gasteiger charge is 2.32. The third kappa shape index (κ3) is 13.8. The molecular formula is C22H43N7O5S. The van der Waals surface area contributed by atoms with Gasteiger partial charge in [-0.15, -0.1) is 0 Å². The largest absolute Gasteiger partial charge is 0.480 e. The normalized spacial score (nSPS) is 14.5. The van der Waals surface area contributed by atoms with Crippen molar-refractivity contribution in [1.82, 2.24) is 16.0 Å². The van der Waals surface area contributed by atoms with Gasteiger partial charge in [-0.25, -0.2) is 4.79 Å². The molecule has 0 aromatic carbocycles. The molecule has 0 bridgehead atoms. The molecule has 0 radical (unpaired) electrons. The lowest BCUT2D eigenvalue weighted by Gasteiger charge is -2.27. The van der Waals surface area contributed by atoms with Crippen LogP contribution in [-0.2, 0) is 19.2 Å². The zero-order valence-electron chi connectivity index (χ0n) is 21.4. The van der Waals surface area contributed by atoms with E-state index < -0.39 is 47.9 Å². The Labute approximate surface area is 212 Å². The highest BCUT2D eigenvalue weighted by molar-refractivity contribution is 7.98. The van der Waals surface area contributed by atoms with Crippen molar-refractivity contribution in [3.63, 3.8) is 0 Å². The van der Waals surface area contributed by atoms with Gasteiger partial charge in [0, 0.05) is 6.54 Å². The summed E-state index contributed by atoms with van der Waals surface area (Å²) in [4.78, 5) is 53.9. The third-order valence-corrected chi connectivity index (χ3v) is 5.76. The van der Waals surface area contributed by atoms with Gasteiger partial charge in [-0.3, -0.25) is 19.4 Å². The van der Waals surface area contributed by atoms with Crippen molar-refractivity contribution in [3.8, 4) is 0 Å². The van der Waals surface area contributed by atoms with Gasteiger partial charge in [-0.2, -0.15) is 11.8 Å². The number of thioether (sulfide) groups is 1. The highest BCUT2D eigenvalue weighted by atomic mass is 32.2. The molecule has 0 aromatic rings. The Morgan fingerprint density at radius 3 is 2.00 bits per heavy atom. The molecule has 0 aliphatic heterocycles. The highest BCUT2D eigenvalue weighted by Crippen LogP contribution is 2.10. The Hall–Kier alpha value is -2.54. The Morgan fingerprint density at radius 2 is 1.51 bits per heavy atom. The second kappa shape index (κ2) is 17.0. The number of carbonyl (C=O) groups excluding carboxylic acids is 3. The van der Waals surface area contributed by atoms with Gasteiger partial charge in [-0.1, -0.05) is 27.7 Å². The SMILES string of the molecule is CSCCC(NC(=O)C(NC(=O)C(CC(C)C)NC(=O)C(N)CCCN=C(N)N)C(C)C)C(=O)O. The number of aliphatic carboxylic acids is 1. The lowest BCUT2D eigenvalue weighted by atomic mass is 9.99. The topological polar surface area (TPSA) is 215 Å². The van der Waals surface area contributed by atoms with Crippen molar-refractivity contribution in [2.45, 2.75) is 77.5 Å². The van der Waals surface area contributed by atoms with Crippen LogP contribution in [-0.4, -0.2) is 77.5 Å². The summed E-state index contributed by atoms with van der Waals surface area (Å²) in [7, 11) is 0. The van der Waals surface area contributed by atoms with E-state index in [1.54, 1.807) is 13.8 Å². The molecule has 0 rings (SSSR count). The number of nitrogens with one attached hydrogen (secondary N) is 3. The maximum absolute atomic E-state index is 13.1. The first-order valence-corrected chi connectivity index (χ1v) is 13.1. The quantitative estimate of drug-likeness (QED) is 0.0740. The van der Waals surface area contributed by atoms with Gasteiger partial charge in [0.2, 0.25) is 17.7 Å². The fraction of sp³-hybridized carbons (Fsp3) is 0.773. The molecule has 4 unspecified atom stereocenters. The number of rotatable bonds is 17. The minimum atomic E-state index is -1.14. The fourth-order valence-corrected chi connectivity index (χ4v) is 3.65. The average molecular weight is 518 g/mol. The van der Waals surface area contributed by atoms with E-state index in [0.717, 1.165) is 0 Å². The lowest BCUT2D eigenvalue weighted by Crippen LogP contribution is -2.58. The summed E-state index contributed by atoms with van der Waals surface area (Å²) in [6, 6.07) is -3.80. The van der Waals surface area contributed by atoms with Crippen molar-refractivity contribution < 1.29 is 24.3 Å². The van der Waals surface area contributed by atoms with Crippen LogP contribution in [0.2, 0.25) is 0 Å². The molecule has 12 nitrogen and oxygen atoms in total.